The third kappa shape index (κ3) is 3.75. The Morgan fingerprint density at radius 2 is 1.86 bits per heavy atom. The average molecular weight is 377 g/mol. The van der Waals surface area contributed by atoms with Crippen molar-refractivity contribution in [2.75, 3.05) is 23.3 Å². The fourth-order valence-electron chi connectivity index (χ4n) is 3.94. The van der Waals surface area contributed by atoms with Gasteiger partial charge in [-0.25, -0.2) is 4.98 Å². The van der Waals surface area contributed by atoms with E-state index < -0.39 is 0 Å². The lowest BCUT2D eigenvalue weighted by atomic mass is 10.1. The Labute approximate surface area is 166 Å². The van der Waals surface area contributed by atoms with Crippen LogP contribution in [0, 0.1) is 6.92 Å². The van der Waals surface area contributed by atoms with Crippen LogP contribution in [-0.4, -0.2) is 28.4 Å². The maximum absolute atomic E-state index is 13.1. The van der Waals surface area contributed by atoms with Crippen LogP contribution in [0.25, 0.3) is 5.65 Å². The molecule has 1 aromatic carbocycles. The summed E-state index contributed by atoms with van der Waals surface area (Å²) < 4.78 is 1.90. The molecule has 0 unspecified atom stereocenters. The van der Waals surface area contributed by atoms with Crippen LogP contribution in [0.1, 0.15) is 54.4 Å². The second-order valence-corrected chi connectivity index (χ2v) is 7.64. The minimum absolute atomic E-state index is 0.106. The molecule has 1 N–H and O–H groups in total. The number of fused-ring (bicyclic) bond motifs is 1. The Kier molecular flexibility index (Phi) is 5.33. The van der Waals surface area contributed by atoms with Gasteiger partial charge in [-0.3, -0.25) is 9.20 Å². The number of pyridine rings is 1. The quantitative estimate of drug-likeness (QED) is 0.693. The van der Waals surface area contributed by atoms with Crippen molar-refractivity contribution in [3.8, 4) is 0 Å². The molecule has 0 saturated carbocycles. The highest BCUT2D eigenvalue weighted by atomic mass is 16.2. The Morgan fingerprint density at radius 3 is 2.57 bits per heavy atom. The smallest absolute Gasteiger partial charge is 0.274 e. The topological polar surface area (TPSA) is 49.6 Å². The summed E-state index contributed by atoms with van der Waals surface area (Å²) in [5.74, 6) is -0.106. The molecule has 5 heteroatoms. The predicted molar refractivity (Wildman–Crippen MR) is 114 cm³/mol. The normalized spacial score (nSPS) is 14.4. The van der Waals surface area contributed by atoms with E-state index in [1.807, 2.05) is 41.8 Å². The molecule has 0 bridgehead atoms. The van der Waals surface area contributed by atoms with Gasteiger partial charge in [0.05, 0.1) is 5.69 Å². The number of anilines is 2. The van der Waals surface area contributed by atoms with Gasteiger partial charge in [0.15, 0.2) is 0 Å². The highest BCUT2D eigenvalue weighted by molar-refractivity contribution is 6.04. The van der Waals surface area contributed by atoms with Crippen molar-refractivity contribution in [3.05, 3.63) is 59.5 Å². The first-order chi connectivity index (χ1) is 13.7. The number of carbonyl (C=O) groups excluding carboxylic acids is 1. The molecule has 3 aromatic rings. The van der Waals surface area contributed by atoms with Crippen LogP contribution >= 0.6 is 0 Å². The molecule has 2 aromatic heterocycles. The molecule has 4 rings (SSSR count). The van der Waals surface area contributed by atoms with Crippen molar-refractivity contribution in [2.24, 2.45) is 0 Å². The van der Waals surface area contributed by atoms with Gasteiger partial charge in [0.1, 0.15) is 11.3 Å². The maximum Gasteiger partial charge on any atom is 0.274 e. The molecule has 1 saturated heterocycles. The van der Waals surface area contributed by atoms with Crippen molar-refractivity contribution in [2.45, 2.75) is 46.0 Å². The van der Waals surface area contributed by atoms with E-state index in [1.165, 1.54) is 24.9 Å². The van der Waals surface area contributed by atoms with Crippen LogP contribution in [0.15, 0.2) is 42.6 Å². The number of amides is 1. The molecule has 1 aliphatic heterocycles. The van der Waals surface area contributed by atoms with Crippen molar-refractivity contribution in [3.63, 3.8) is 0 Å². The molecule has 0 spiro atoms. The molecule has 146 valence electrons. The first-order valence-electron chi connectivity index (χ1n) is 10.3. The number of rotatable bonds is 5. The maximum atomic E-state index is 13.1. The van der Waals surface area contributed by atoms with Gasteiger partial charge in [0.2, 0.25) is 0 Å². The van der Waals surface area contributed by atoms with Crippen molar-refractivity contribution >= 4 is 22.9 Å². The number of hydrogen-bond donors (Lipinski definition) is 1. The lowest BCUT2D eigenvalue weighted by Crippen LogP contribution is -2.29. The second-order valence-electron chi connectivity index (χ2n) is 7.64. The summed E-state index contributed by atoms with van der Waals surface area (Å²) in [6.07, 6.45) is 7.51. The van der Waals surface area contributed by atoms with E-state index in [-0.39, 0.29) is 5.91 Å². The van der Waals surface area contributed by atoms with E-state index in [4.69, 9.17) is 4.98 Å². The van der Waals surface area contributed by atoms with Crippen LogP contribution in [0.4, 0.5) is 11.4 Å². The third-order valence-corrected chi connectivity index (χ3v) is 5.40. The summed E-state index contributed by atoms with van der Waals surface area (Å²) in [4.78, 5) is 20.2. The highest BCUT2D eigenvalue weighted by Gasteiger charge is 2.19. The Hall–Kier alpha value is -2.82. The molecule has 3 heterocycles. The van der Waals surface area contributed by atoms with E-state index in [1.54, 1.807) is 0 Å². The van der Waals surface area contributed by atoms with Gasteiger partial charge >= 0.3 is 0 Å². The lowest BCUT2D eigenvalue weighted by Gasteiger charge is -2.28. The number of imidazole rings is 1. The van der Waals surface area contributed by atoms with Crippen molar-refractivity contribution in [1.82, 2.24) is 9.38 Å². The number of piperidine rings is 1. The van der Waals surface area contributed by atoms with Crippen molar-refractivity contribution in [1.29, 1.82) is 0 Å². The fraction of sp³-hybridized carbons (Fsp3) is 0.391. The number of benzene rings is 1. The van der Waals surface area contributed by atoms with Gasteiger partial charge in [-0.15, -0.1) is 0 Å². The summed E-state index contributed by atoms with van der Waals surface area (Å²) >= 11 is 0. The molecule has 0 aliphatic carbocycles. The highest BCUT2D eigenvalue weighted by Crippen LogP contribution is 2.23. The molecule has 1 fully saturated rings. The zero-order valence-electron chi connectivity index (χ0n) is 16.7. The summed E-state index contributed by atoms with van der Waals surface area (Å²) in [5.41, 5.74) is 5.51. The molecule has 1 aliphatic rings. The first-order valence-corrected chi connectivity index (χ1v) is 10.3. The minimum Gasteiger partial charge on any atom is -0.372 e. The van der Waals surface area contributed by atoms with Crippen LogP contribution in [0.5, 0.6) is 0 Å². The van der Waals surface area contributed by atoms with Crippen LogP contribution < -0.4 is 10.2 Å². The van der Waals surface area contributed by atoms with E-state index in [0.29, 0.717) is 5.69 Å². The Balaban J connectivity index is 1.57. The number of aromatic nitrogens is 2. The average Bonchev–Trinajstić information content (AvgIpc) is 3.06. The van der Waals surface area contributed by atoms with E-state index in [9.17, 15) is 4.79 Å². The minimum atomic E-state index is -0.106. The van der Waals surface area contributed by atoms with Gasteiger partial charge in [-0.05, 0) is 74.6 Å². The molecular formula is C23H28N4O. The third-order valence-electron chi connectivity index (χ3n) is 5.40. The number of nitrogens with one attached hydrogen (secondary N) is 1. The zero-order chi connectivity index (χ0) is 19.5. The van der Waals surface area contributed by atoms with E-state index >= 15 is 0 Å². The molecule has 5 nitrogen and oxygen atoms in total. The summed E-state index contributed by atoms with van der Waals surface area (Å²) in [5, 5.41) is 3.06. The first kappa shape index (κ1) is 18.5. The van der Waals surface area contributed by atoms with Crippen molar-refractivity contribution < 1.29 is 4.79 Å². The molecular weight excluding hydrogens is 348 g/mol. The number of aryl methyl sites for hydroxylation is 2. The Morgan fingerprint density at radius 1 is 1.11 bits per heavy atom. The number of nitrogens with zero attached hydrogens (tertiary/aromatic N) is 3. The van der Waals surface area contributed by atoms with Gasteiger partial charge in [0, 0.05) is 30.7 Å². The number of hydrogen-bond acceptors (Lipinski definition) is 3. The lowest BCUT2D eigenvalue weighted by molar-refractivity contribution is 0.102. The monoisotopic (exact) mass is 376 g/mol. The Bertz CT molecular complexity index is 968. The van der Waals surface area contributed by atoms with E-state index in [2.05, 4.69) is 29.3 Å². The molecule has 0 radical (unpaired) electrons. The summed E-state index contributed by atoms with van der Waals surface area (Å²) in [6, 6.07) is 12.2. The largest absolute Gasteiger partial charge is 0.372 e. The van der Waals surface area contributed by atoms with Crippen LogP contribution in [0.3, 0.4) is 0 Å². The van der Waals surface area contributed by atoms with E-state index in [0.717, 1.165) is 48.5 Å². The standard InChI is InChI=1S/C23H28N4O/c1-3-7-20-22(27-15-12-17(2)16-21(27)25-20)23(28)24-18-8-10-19(11-9-18)26-13-5-4-6-14-26/h8-12,15-16H,3-7,13-14H2,1-2H3,(H,24,28). The van der Waals surface area contributed by atoms with Gasteiger partial charge in [0.25, 0.3) is 5.91 Å². The van der Waals surface area contributed by atoms with Crippen LogP contribution in [-0.2, 0) is 6.42 Å². The predicted octanol–water partition coefficient (Wildman–Crippen LogP) is 4.84. The SMILES string of the molecule is CCCc1nc2cc(C)ccn2c1C(=O)Nc1ccc(N2CCCCC2)cc1. The zero-order valence-corrected chi connectivity index (χ0v) is 16.7. The molecule has 0 atom stereocenters. The summed E-state index contributed by atoms with van der Waals surface area (Å²) in [6.45, 7) is 6.38. The van der Waals surface area contributed by atoms with Gasteiger partial charge in [-0.2, -0.15) is 0 Å². The van der Waals surface area contributed by atoms with Crippen LogP contribution in [0.2, 0.25) is 0 Å². The second kappa shape index (κ2) is 8.05. The fourth-order valence-corrected chi connectivity index (χ4v) is 3.94. The summed E-state index contributed by atoms with van der Waals surface area (Å²) in [7, 11) is 0. The molecule has 1 amide bonds. The van der Waals surface area contributed by atoms with Gasteiger partial charge in [-0.1, -0.05) is 13.3 Å². The molecule has 28 heavy (non-hydrogen) atoms. The number of carbonyl (C=O) groups is 1. The van der Waals surface area contributed by atoms with Gasteiger partial charge < -0.3 is 10.2 Å².